The molecular formula is C3H7CuN3O4Sn. The van der Waals surface area contributed by atoms with Crippen LogP contribution in [0.3, 0.4) is 0 Å². The molecule has 0 aromatic carbocycles. The molecule has 1 heterocycles. The Bertz CT molecular complexity index is 288. The predicted molar refractivity (Wildman–Crippen MR) is 40.5 cm³/mol. The number of aromatic nitrogens is 3. The third-order valence-electron chi connectivity index (χ3n) is 0.681. The molecule has 73 valence electrons. The summed E-state index contributed by atoms with van der Waals surface area (Å²) < 4.78 is 7.21. The third-order valence-corrected chi connectivity index (χ3v) is 0.681. The Balaban J connectivity index is 0. The molecule has 0 saturated carbocycles. The minimum atomic E-state index is -0.802. The predicted octanol–water partition coefficient (Wildman–Crippen LogP) is -3.99. The molecule has 1 radical (unpaired) electrons. The topological polar surface area (TPSA) is 119 Å². The molecule has 0 aliphatic heterocycles. The van der Waals surface area contributed by atoms with E-state index in [1.165, 1.54) is 0 Å². The molecule has 12 heavy (non-hydrogen) atoms. The zero-order chi connectivity index (χ0) is 8.85. The molecule has 0 unspecified atom stereocenters. The average Bonchev–Trinajstić information content (AvgIpc) is 1.88. The summed E-state index contributed by atoms with van der Waals surface area (Å²) in [5, 5.41) is 0. The monoisotopic (exact) mass is 332 g/mol. The Kier molecular flexibility index (Phi) is 8.71. The van der Waals surface area contributed by atoms with Crippen molar-refractivity contribution in [2.24, 2.45) is 0 Å². The van der Waals surface area contributed by atoms with Crippen LogP contribution in [-0.4, -0.2) is 41.3 Å². The van der Waals surface area contributed by atoms with E-state index in [2.05, 4.69) is 0 Å². The summed E-state index contributed by atoms with van der Waals surface area (Å²) in [4.78, 5) is 35.9. The number of hydrogen-bond acceptors (Lipinski definition) is 4. The molecule has 0 aliphatic carbocycles. The molecule has 0 amide bonds. The summed E-state index contributed by atoms with van der Waals surface area (Å²) in [5.41, 5.74) is -2.41. The van der Waals surface area contributed by atoms with Gasteiger partial charge in [-0.1, -0.05) is 0 Å². The van der Waals surface area contributed by atoms with Crippen molar-refractivity contribution in [2.75, 3.05) is 0 Å². The van der Waals surface area contributed by atoms with Crippen molar-refractivity contribution < 1.29 is 20.5 Å². The van der Waals surface area contributed by atoms with Gasteiger partial charge >= 0.3 is 43.5 Å². The van der Waals surface area contributed by atoms with E-state index in [1.807, 2.05) is 0 Å². The fraction of sp³-hybridized carbons (Fsp3) is 0. The summed E-state index contributed by atoms with van der Waals surface area (Å²) in [7, 11) is 0. The van der Waals surface area contributed by atoms with E-state index in [0.717, 1.165) is 0 Å². The van der Waals surface area contributed by atoms with Crippen molar-refractivity contribution in [3.05, 3.63) is 31.5 Å². The second-order valence-electron chi connectivity index (χ2n) is 1.36. The molecule has 0 aliphatic rings. The van der Waals surface area contributed by atoms with Gasteiger partial charge in [0.15, 0.2) is 0 Å². The van der Waals surface area contributed by atoms with E-state index in [-0.39, 0.29) is 40.0 Å². The minimum absolute atomic E-state index is 0. The van der Waals surface area contributed by atoms with Crippen LogP contribution >= 0.6 is 0 Å². The van der Waals surface area contributed by atoms with Gasteiger partial charge in [-0.05, 0) is 0 Å². The van der Waals surface area contributed by atoms with Gasteiger partial charge < -0.3 is 0 Å². The van der Waals surface area contributed by atoms with Gasteiger partial charge in [0.1, 0.15) is 0 Å². The molecule has 9 heteroatoms. The maximum absolute atomic E-state index is 10.2. The third kappa shape index (κ3) is 5.35. The van der Waals surface area contributed by atoms with Crippen LogP contribution in [0.5, 0.6) is 0 Å². The van der Waals surface area contributed by atoms with Crippen LogP contribution in [0.1, 0.15) is 0 Å². The Morgan fingerprint density at radius 1 is 0.833 bits per heavy atom. The standard InChI is InChI=1S/C3H3N3O3.Cu.H2O.Sn.3H/c7-1-4-2(8)6-3(9)5-1;;;;;;/h(H3,4,5,6,7,8,9);;1H2;;;;/q;;;+1;;;/p-1. The first-order valence-electron chi connectivity index (χ1n) is 2.56. The molecule has 1 aromatic rings. The van der Waals surface area contributed by atoms with Gasteiger partial charge in [-0.3, -0.25) is 15.0 Å². The van der Waals surface area contributed by atoms with E-state index < -0.39 is 17.1 Å². The Morgan fingerprint density at radius 3 is 1.17 bits per heavy atom. The molecular weight excluding hydrogens is 324 g/mol. The van der Waals surface area contributed by atoms with E-state index in [1.54, 1.807) is 15.0 Å². The van der Waals surface area contributed by atoms with Crippen molar-refractivity contribution >= 4 is 22.9 Å². The Morgan fingerprint density at radius 2 is 1.00 bits per heavy atom. The van der Waals surface area contributed by atoms with Crippen LogP contribution in [-0.2, 0) is 17.1 Å². The molecule has 1 rings (SSSR count). The second-order valence-corrected chi connectivity index (χ2v) is 1.36. The van der Waals surface area contributed by atoms with Gasteiger partial charge in [0.2, 0.25) is 0 Å². The first-order chi connectivity index (χ1) is 5.18. The molecule has 1 aromatic heterocycles. The quantitative estimate of drug-likeness (QED) is 0.362. The summed E-state index contributed by atoms with van der Waals surface area (Å²) in [6.45, 7) is 0. The number of aromatic amines is 3. The molecule has 0 saturated heterocycles. The van der Waals surface area contributed by atoms with Crippen molar-refractivity contribution in [3.63, 3.8) is 0 Å². The van der Waals surface area contributed by atoms with E-state index >= 15 is 0 Å². The number of H-pyrrole nitrogens is 3. The SMILES string of the molecule is O=c1[nH]c(=O)[nH]c(=O)[nH]1.[Cu].[OH][SnH3]. The van der Waals surface area contributed by atoms with Gasteiger partial charge in [-0.2, -0.15) is 0 Å². The van der Waals surface area contributed by atoms with Crippen LogP contribution in [0.4, 0.5) is 0 Å². The average molecular weight is 331 g/mol. The van der Waals surface area contributed by atoms with Crippen molar-refractivity contribution in [2.45, 2.75) is 0 Å². The maximum atomic E-state index is 10.2. The van der Waals surface area contributed by atoms with E-state index in [0.29, 0.717) is 0 Å². The van der Waals surface area contributed by atoms with Gasteiger partial charge in [-0.25, -0.2) is 14.4 Å². The van der Waals surface area contributed by atoms with Crippen LogP contribution in [0.25, 0.3) is 0 Å². The molecule has 0 atom stereocenters. The number of hydrogen-bond donors (Lipinski definition) is 4. The zero-order valence-corrected chi connectivity index (χ0v) is 12.6. The van der Waals surface area contributed by atoms with Gasteiger partial charge in [0, 0.05) is 17.1 Å². The summed E-state index contributed by atoms with van der Waals surface area (Å²) in [5.74, 6) is 0. The van der Waals surface area contributed by atoms with Gasteiger partial charge in [0.25, 0.3) is 0 Å². The van der Waals surface area contributed by atoms with E-state index in [4.69, 9.17) is 3.44 Å². The van der Waals surface area contributed by atoms with Crippen LogP contribution in [0.15, 0.2) is 14.4 Å². The Labute approximate surface area is 89.7 Å². The number of rotatable bonds is 0. The summed E-state index contributed by atoms with van der Waals surface area (Å²) in [6.07, 6.45) is 0. The number of nitrogens with one attached hydrogen (secondary N) is 3. The van der Waals surface area contributed by atoms with Crippen molar-refractivity contribution in [1.82, 2.24) is 15.0 Å². The first kappa shape index (κ1) is 14.2. The van der Waals surface area contributed by atoms with Gasteiger partial charge in [0.05, 0.1) is 0 Å². The van der Waals surface area contributed by atoms with Crippen molar-refractivity contribution in [1.29, 1.82) is 0 Å². The second kappa shape index (κ2) is 7.34. The van der Waals surface area contributed by atoms with E-state index in [9.17, 15) is 14.4 Å². The molecule has 0 spiro atoms. The molecule has 0 bridgehead atoms. The normalized spacial score (nSPS) is 7.75. The summed E-state index contributed by atoms with van der Waals surface area (Å²) in [6, 6.07) is 0. The summed E-state index contributed by atoms with van der Waals surface area (Å²) >= 11 is -0.0500. The first-order valence-corrected chi connectivity index (χ1v) is 5.11. The fourth-order valence-electron chi connectivity index (χ4n) is 0.403. The zero-order valence-electron chi connectivity index (χ0n) is 5.97. The molecule has 4 N–H and O–H groups in total. The van der Waals surface area contributed by atoms with Crippen LogP contribution in [0.2, 0.25) is 0 Å². The van der Waals surface area contributed by atoms with Crippen LogP contribution < -0.4 is 17.1 Å². The van der Waals surface area contributed by atoms with Crippen molar-refractivity contribution in [3.8, 4) is 0 Å². The Hall–Kier alpha value is -0.312. The van der Waals surface area contributed by atoms with Crippen LogP contribution in [0, 0.1) is 0 Å². The van der Waals surface area contributed by atoms with Gasteiger partial charge in [-0.15, -0.1) is 0 Å². The molecule has 0 fully saturated rings. The fourth-order valence-corrected chi connectivity index (χ4v) is 0.403. The molecule has 7 nitrogen and oxygen atoms in total.